The Hall–Kier alpha value is -1.39. The quantitative estimate of drug-likeness (QED) is 0.182. The van der Waals surface area contributed by atoms with Gasteiger partial charge in [0.05, 0.1) is 12.5 Å². The number of halogens is 1. The van der Waals surface area contributed by atoms with Crippen LogP contribution >= 0.6 is 24.0 Å². The molecule has 0 spiro atoms. The normalized spacial score (nSPS) is 15.2. The summed E-state index contributed by atoms with van der Waals surface area (Å²) in [6.45, 7) is 10.6. The van der Waals surface area contributed by atoms with Gasteiger partial charge in [-0.15, -0.1) is 34.2 Å². The van der Waals surface area contributed by atoms with Gasteiger partial charge in [0.2, 0.25) is 0 Å². The SMILES string of the molecule is CCCCN=C(NCCn1cnnc1CC)N1CCC(C(=O)OCC)CC1.I. The number of esters is 1. The third-order valence-electron chi connectivity index (χ3n) is 4.84. The number of hydrogen-bond donors (Lipinski definition) is 1. The van der Waals surface area contributed by atoms with Gasteiger partial charge in [-0.25, -0.2) is 0 Å². The molecule has 0 amide bonds. The van der Waals surface area contributed by atoms with Crippen LogP contribution in [0, 0.1) is 5.92 Å². The molecule has 1 aromatic heterocycles. The maximum Gasteiger partial charge on any atom is 0.309 e. The summed E-state index contributed by atoms with van der Waals surface area (Å²) in [6.07, 6.45) is 6.49. The Kier molecular flexibility index (Phi) is 12.1. The Morgan fingerprint density at radius 3 is 2.71 bits per heavy atom. The molecule has 0 unspecified atom stereocenters. The highest BCUT2D eigenvalue weighted by Crippen LogP contribution is 2.18. The Bertz CT molecular complexity index is 599. The van der Waals surface area contributed by atoms with Gasteiger partial charge in [0.15, 0.2) is 5.96 Å². The first kappa shape index (κ1) is 24.6. The van der Waals surface area contributed by atoms with E-state index in [4.69, 9.17) is 9.73 Å². The molecule has 1 N–H and O–H groups in total. The van der Waals surface area contributed by atoms with Crippen molar-refractivity contribution in [2.24, 2.45) is 10.9 Å². The van der Waals surface area contributed by atoms with Crippen LogP contribution in [-0.2, 0) is 22.5 Å². The third kappa shape index (κ3) is 7.56. The second-order valence-electron chi connectivity index (χ2n) is 6.79. The molecule has 1 saturated heterocycles. The molecule has 8 nitrogen and oxygen atoms in total. The number of nitrogens with one attached hydrogen (secondary N) is 1. The molecule has 0 aromatic carbocycles. The average Bonchev–Trinajstić information content (AvgIpc) is 3.15. The number of aromatic nitrogens is 3. The molecular formula is C19H35IN6O2. The molecule has 0 bridgehead atoms. The van der Waals surface area contributed by atoms with Crippen molar-refractivity contribution in [2.75, 3.05) is 32.8 Å². The van der Waals surface area contributed by atoms with Gasteiger partial charge in [-0.1, -0.05) is 20.3 Å². The van der Waals surface area contributed by atoms with E-state index in [1.165, 1.54) is 0 Å². The number of hydrogen-bond acceptors (Lipinski definition) is 5. The molecule has 0 saturated carbocycles. The van der Waals surface area contributed by atoms with E-state index in [0.717, 1.165) is 76.6 Å². The van der Waals surface area contributed by atoms with Gasteiger partial charge in [-0.2, -0.15) is 0 Å². The monoisotopic (exact) mass is 506 g/mol. The average molecular weight is 506 g/mol. The first-order valence-electron chi connectivity index (χ1n) is 10.3. The fraction of sp³-hybridized carbons (Fsp3) is 0.789. The van der Waals surface area contributed by atoms with E-state index in [0.29, 0.717) is 6.61 Å². The second-order valence-corrected chi connectivity index (χ2v) is 6.79. The minimum Gasteiger partial charge on any atom is -0.466 e. The number of carbonyl (C=O) groups excluding carboxylic acids is 1. The third-order valence-corrected chi connectivity index (χ3v) is 4.84. The minimum atomic E-state index is -0.0608. The molecule has 9 heteroatoms. The van der Waals surface area contributed by atoms with Gasteiger partial charge in [-0.05, 0) is 26.2 Å². The van der Waals surface area contributed by atoms with Crippen LogP contribution in [0.2, 0.25) is 0 Å². The number of piperidine rings is 1. The van der Waals surface area contributed by atoms with Crippen LogP contribution in [0.3, 0.4) is 0 Å². The van der Waals surface area contributed by atoms with Gasteiger partial charge in [-0.3, -0.25) is 9.79 Å². The molecule has 2 heterocycles. The fourth-order valence-electron chi connectivity index (χ4n) is 3.23. The molecule has 1 aliphatic heterocycles. The summed E-state index contributed by atoms with van der Waals surface area (Å²) in [6, 6.07) is 0. The summed E-state index contributed by atoms with van der Waals surface area (Å²) in [5.41, 5.74) is 0. The minimum absolute atomic E-state index is 0. The summed E-state index contributed by atoms with van der Waals surface area (Å²) in [5, 5.41) is 11.6. The number of unbranched alkanes of at least 4 members (excludes halogenated alkanes) is 1. The lowest BCUT2D eigenvalue weighted by Gasteiger charge is -2.33. The van der Waals surface area contributed by atoms with Crippen LogP contribution in [-0.4, -0.2) is 64.4 Å². The van der Waals surface area contributed by atoms with Crippen molar-refractivity contribution in [1.82, 2.24) is 25.0 Å². The molecule has 28 heavy (non-hydrogen) atoms. The van der Waals surface area contributed by atoms with E-state index in [2.05, 4.69) is 38.8 Å². The Labute approximate surface area is 185 Å². The maximum atomic E-state index is 11.9. The number of aryl methyl sites for hydroxylation is 1. The number of nitrogens with zero attached hydrogens (tertiary/aromatic N) is 5. The predicted molar refractivity (Wildman–Crippen MR) is 121 cm³/mol. The summed E-state index contributed by atoms with van der Waals surface area (Å²) >= 11 is 0. The van der Waals surface area contributed by atoms with Crippen LogP contribution < -0.4 is 5.32 Å². The van der Waals surface area contributed by atoms with Crippen LogP contribution in [0.1, 0.15) is 52.3 Å². The van der Waals surface area contributed by atoms with Crippen molar-refractivity contribution in [3.63, 3.8) is 0 Å². The highest BCUT2D eigenvalue weighted by atomic mass is 127. The lowest BCUT2D eigenvalue weighted by atomic mass is 9.97. The van der Waals surface area contributed by atoms with E-state index >= 15 is 0 Å². The van der Waals surface area contributed by atoms with E-state index in [-0.39, 0.29) is 35.9 Å². The molecule has 0 aliphatic carbocycles. The van der Waals surface area contributed by atoms with Crippen molar-refractivity contribution in [2.45, 2.75) is 59.4 Å². The van der Waals surface area contributed by atoms with Crippen molar-refractivity contribution >= 4 is 35.9 Å². The molecular weight excluding hydrogens is 471 g/mol. The van der Waals surface area contributed by atoms with E-state index in [1.807, 2.05) is 6.92 Å². The van der Waals surface area contributed by atoms with Crippen LogP contribution in [0.25, 0.3) is 0 Å². The molecule has 1 fully saturated rings. The molecule has 0 atom stereocenters. The van der Waals surface area contributed by atoms with Gasteiger partial charge in [0.1, 0.15) is 12.2 Å². The number of guanidine groups is 1. The second kappa shape index (κ2) is 13.7. The van der Waals surface area contributed by atoms with Gasteiger partial charge in [0.25, 0.3) is 0 Å². The summed E-state index contributed by atoms with van der Waals surface area (Å²) in [4.78, 5) is 19.0. The number of rotatable bonds is 9. The number of carbonyl (C=O) groups is 1. The van der Waals surface area contributed by atoms with Gasteiger partial charge < -0.3 is 19.5 Å². The molecule has 2 rings (SSSR count). The van der Waals surface area contributed by atoms with Crippen LogP contribution in [0.15, 0.2) is 11.3 Å². The molecule has 1 aromatic rings. The van der Waals surface area contributed by atoms with E-state index in [9.17, 15) is 4.79 Å². The maximum absolute atomic E-state index is 11.9. The highest BCUT2D eigenvalue weighted by molar-refractivity contribution is 14.0. The standard InChI is InChI=1S/C19H34N6O2.HI/c1-4-7-10-20-19(21-11-14-25-15-22-23-17(25)5-2)24-12-8-16(9-13-24)18(26)27-6-3;/h15-16H,4-14H2,1-3H3,(H,20,21);1H. The van der Waals surface area contributed by atoms with Gasteiger partial charge in [0, 0.05) is 39.1 Å². The molecule has 1 aliphatic rings. The topological polar surface area (TPSA) is 84.6 Å². The van der Waals surface area contributed by atoms with E-state index in [1.54, 1.807) is 6.33 Å². The van der Waals surface area contributed by atoms with Crippen LogP contribution in [0.5, 0.6) is 0 Å². The van der Waals surface area contributed by atoms with Gasteiger partial charge >= 0.3 is 5.97 Å². The summed E-state index contributed by atoms with van der Waals surface area (Å²) < 4.78 is 7.24. The highest BCUT2D eigenvalue weighted by Gasteiger charge is 2.27. The fourth-order valence-corrected chi connectivity index (χ4v) is 3.23. The lowest BCUT2D eigenvalue weighted by molar-refractivity contribution is -0.149. The summed E-state index contributed by atoms with van der Waals surface area (Å²) in [7, 11) is 0. The number of likely N-dealkylation sites (tertiary alicyclic amines) is 1. The van der Waals surface area contributed by atoms with Crippen molar-refractivity contribution in [1.29, 1.82) is 0 Å². The predicted octanol–water partition coefficient (Wildman–Crippen LogP) is 2.48. The van der Waals surface area contributed by atoms with Crippen molar-refractivity contribution < 1.29 is 9.53 Å². The van der Waals surface area contributed by atoms with Crippen LogP contribution in [0.4, 0.5) is 0 Å². The molecule has 0 radical (unpaired) electrons. The largest absolute Gasteiger partial charge is 0.466 e. The first-order chi connectivity index (χ1) is 13.2. The Balaban J connectivity index is 0.00000392. The smallest absolute Gasteiger partial charge is 0.309 e. The Morgan fingerprint density at radius 1 is 1.32 bits per heavy atom. The number of aliphatic imine (C=N–C) groups is 1. The van der Waals surface area contributed by atoms with Crippen molar-refractivity contribution in [3.05, 3.63) is 12.2 Å². The van der Waals surface area contributed by atoms with E-state index < -0.39 is 0 Å². The zero-order valence-corrected chi connectivity index (χ0v) is 19.7. The molecule has 160 valence electrons. The number of ether oxygens (including phenoxy) is 1. The lowest BCUT2D eigenvalue weighted by Crippen LogP contribution is -2.47. The zero-order chi connectivity index (χ0) is 19.5. The first-order valence-corrected chi connectivity index (χ1v) is 10.3. The zero-order valence-electron chi connectivity index (χ0n) is 17.4. The summed E-state index contributed by atoms with van der Waals surface area (Å²) in [5.74, 6) is 1.89. The van der Waals surface area contributed by atoms with Crippen molar-refractivity contribution in [3.8, 4) is 0 Å². The Morgan fingerprint density at radius 2 is 2.07 bits per heavy atom.